The molecule has 0 amide bonds. The van der Waals surface area contributed by atoms with Crippen molar-refractivity contribution < 1.29 is 24.5 Å². The predicted molar refractivity (Wildman–Crippen MR) is 64.7 cm³/mol. The third-order valence-corrected chi connectivity index (χ3v) is 2.29. The normalized spacial score (nSPS) is 13.9. The summed E-state index contributed by atoms with van der Waals surface area (Å²) in [5, 5.41) is 18.9. The lowest BCUT2D eigenvalue weighted by atomic mass is 10.2. The van der Waals surface area contributed by atoms with Gasteiger partial charge in [0, 0.05) is 0 Å². The average Bonchev–Trinajstić information content (AvgIpc) is 2.39. The van der Waals surface area contributed by atoms with Gasteiger partial charge in [0.15, 0.2) is 6.10 Å². The molecule has 1 rings (SSSR count). The van der Waals surface area contributed by atoms with Crippen molar-refractivity contribution in [1.82, 2.24) is 0 Å². The van der Waals surface area contributed by atoms with Crippen molar-refractivity contribution in [1.29, 1.82) is 0 Å². The Hall–Kier alpha value is -1.43. The van der Waals surface area contributed by atoms with Gasteiger partial charge in [-0.15, -0.1) is 0 Å². The fourth-order valence-electron chi connectivity index (χ4n) is 1.35. The zero-order valence-electron chi connectivity index (χ0n) is 10.3. The van der Waals surface area contributed by atoms with E-state index in [2.05, 4.69) is 4.74 Å². The molecule has 0 aliphatic heterocycles. The Bertz CT molecular complexity index is 352. The second-order valence-corrected chi connectivity index (χ2v) is 3.76. The average molecular weight is 254 g/mol. The molecule has 0 saturated heterocycles. The zero-order chi connectivity index (χ0) is 13.4. The number of ether oxygens (including phenoxy) is 2. The topological polar surface area (TPSA) is 76.0 Å². The molecule has 18 heavy (non-hydrogen) atoms. The zero-order valence-corrected chi connectivity index (χ0v) is 10.3. The molecule has 100 valence electrons. The lowest BCUT2D eigenvalue weighted by molar-refractivity contribution is -0.161. The van der Waals surface area contributed by atoms with Crippen LogP contribution in [0.4, 0.5) is 0 Å². The first-order chi connectivity index (χ1) is 8.65. The van der Waals surface area contributed by atoms with E-state index in [4.69, 9.17) is 4.74 Å². The minimum atomic E-state index is -1.57. The molecule has 1 aromatic rings. The van der Waals surface area contributed by atoms with E-state index >= 15 is 0 Å². The molecule has 0 unspecified atom stereocenters. The van der Waals surface area contributed by atoms with Gasteiger partial charge in [0.25, 0.3) is 0 Å². The minimum Gasteiger partial charge on any atom is -0.464 e. The number of esters is 1. The van der Waals surface area contributed by atoms with Crippen LogP contribution in [0.5, 0.6) is 0 Å². The van der Waals surface area contributed by atoms with Crippen LogP contribution in [0.3, 0.4) is 0 Å². The molecular weight excluding hydrogens is 236 g/mol. The molecule has 0 radical (unpaired) electrons. The summed E-state index contributed by atoms with van der Waals surface area (Å²) in [7, 11) is 0. The van der Waals surface area contributed by atoms with Crippen molar-refractivity contribution in [2.24, 2.45) is 0 Å². The van der Waals surface area contributed by atoms with Gasteiger partial charge in [0.05, 0.1) is 19.8 Å². The Labute approximate surface area is 106 Å². The molecule has 5 heteroatoms. The quantitative estimate of drug-likeness (QED) is 0.692. The highest BCUT2D eigenvalue weighted by atomic mass is 16.6. The van der Waals surface area contributed by atoms with Crippen LogP contribution in [0.2, 0.25) is 0 Å². The number of benzene rings is 1. The molecule has 0 bridgehead atoms. The van der Waals surface area contributed by atoms with Crippen LogP contribution < -0.4 is 0 Å². The Kier molecular flexibility index (Phi) is 6.35. The number of rotatable bonds is 7. The van der Waals surface area contributed by atoms with Gasteiger partial charge < -0.3 is 19.7 Å². The number of hydrogen-bond acceptors (Lipinski definition) is 5. The number of hydrogen-bond donors (Lipinski definition) is 2. The maximum atomic E-state index is 11.1. The second kappa shape index (κ2) is 7.81. The summed E-state index contributed by atoms with van der Waals surface area (Å²) >= 11 is 0. The molecule has 0 fully saturated rings. The number of carbonyl (C=O) groups is 1. The molecule has 2 N–H and O–H groups in total. The van der Waals surface area contributed by atoms with Crippen LogP contribution in [-0.4, -0.2) is 41.6 Å². The van der Waals surface area contributed by atoms with Crippen molar-refractivity contribution in [3.8, 4) is 0 Å². The molecular formula is C13H18O5. The van der Waals surface area contributed by atoms with Crippen molar-refractivity contribution >= 4 is 5.97 Å². The Morgan fingerprint density at radius 3 is 2.56 bits per heavy atom. The van der Waals surface area contributed by atoms with Gasteiger partial charge in [-0.2, -0.15) is 0 Å². The van der Waals surface area contributed by atoms with Crippen LogP contribution in [0.25, 0.3) is 0 Å². The van der Waals surface area contributed by atoms with Crippen LogP contribution >= 0.6 is 0 Å². The van der Waals surface area contributed by atoms with Crippen LogP contribution in [0.15, 0.2) is 30.3 Å². The fourth-order valence-corrected chi connectivity index (χ4v) is 1.35. The molecule has 0 saturated carbocycles. The fraction of sp³-hybridized carbons (Fsp3) is 0.462. The minimum absolute atomic E-state index is 0.130. The molecule has 2 atom stereocenters. The van der Waals surface area contributed by atoms with Gasteiger partial charge in [-0.05, 0) is 12.5 Å². The maximum absolute atomic E-state index is 11.1. The lowest BCUT2D eigenvalue weighted by Crippen LogP contribution is -2.38. The third-order valence-electron chi connectivity index (χ3n) is 2.29. The highest BCUT2D eigenvalue weighted by Gasteiger charge is 2.25. The first-order valence-electron chi connectivity index (χ1n) is 5.79. The van der Waals surface area contributed by atoms with Crippen molar-refractivity contribution in [3.63, 3.8) is 0 Å². The molecule has 5 nitrogen and oxygen atoms in total. The molecule has 0 aliphatic carbocycles. The highest BCUT2D eigenvalue weighted by Crippen LogP contribution is 2.03. The number of aliphatic hydroxyl groups excluding tert-OH is 2. The molecule has 0 aliphatic rings. The second-order valence-electron chi connectivity index (χ2n) is 3.76. The van der Waals surface area contributed by atoms with E-state index < -0.39 is 18.2 Å². The first kappa shape index (κ1) is 14.6. The third kappa shape index (κ3) is 4.83. The van der Waals surface area contributed by atoms with Gasteiger partial charge in [0.1, 0.15) is 6.10 Å². The number of carbonyl (C=O) groups excluding carboxylic acids is 1. The van der Waals surface area contributed by atoms with Crippen LogP contribution in [0, 0.1) is 0 Å². The summed E-state index contributed by atoms with van der Waals surface area (Å²) in [5.74, 6) is -0.840. The smallest absolute Gasteiger partial charge is 0.337 e. The van der Waals surface area contributed by atoms with E-state index in [9.17, 15) is 15.0 Å². The predicted octanol–water partition coefficient (Wildman–Crippen LogP) is 0.488. The summed E-state index contributed by atoms with van der Waals surface area (Å²) in [6, 6.07) is 9.41. The molecule has 0 heterocycles. The number of aliphatic hydroxyl groups is 2. The van der Waals surface area contributed by atoms with E-state index in [1.54, 1.807) is 6.92 Å². The summed E-state index contributed by atoms with van der Waals surface area (Å²) in [5.41, 5.74) is 0.954. The maximum Gasteiger partial charge on any atom is 0.337 e. The summed E-state index contributed by atoms with van der Waals surface area (Å²) < 4.78 is 9.80. The SMILES string of the molecule is CCOC(=O)[C@H](O)[C@H](O)COCc1ccccc1. The lowest BCUT2D eigenvalue weighted by Gasteiger charge is -2.16. The van der Waals surface area contributed by atoms with Crippen LogP contribution in [0.1, 0.15) is 12.5 Å². The summed E-state index contributed by atoms with van der Waals surface area (Å²) in [6.07, 6.45) is -2.85. The van der Waals surface area contributed by atoms with E-state index in [1.807, 2.05) is 30.3 Å². The van der Waals surface area contributed by atoms with Crippen molar-refractivity contribution in [2.75, 3.05) is 13.2 Å². The first-order valence-corrected chi connectivity index (χ1v) is 5.79. The van der Waals surface area contributed by atoms with E-state index in [0.717, 1.165) is 5.56 Å². The standard InChI is InChI=1S/C13H18O5/c1-2-18-13(16)12(15)11(14)9-17-8-10-6-4-3-5-7-10/h3-7,11-12,14-15H,2,8-9H2,1H3/t11-,12-/m1/s1. The Morgan fingerprint density at radius 2 is 1.94 bits per heavy atom. The highest BCUT2D eigenvalue weighted by molar-refractivity contribution is 5.75. The molecule has 1 aromatic carbocycles. The van der Waals surface area contributed by atoms with Crippen molar-refractivity contribution in [2.45, 2.75) is 25.7 Å². The largest absolute Gasteiger partial charge is 0.464 e. The van der Waals surface area contributed by atoms with E-state index in [1.165, 1.54) is 0 Å². The summed E-state index contributed by atoms with van der Waals surface area (Å²) in [4.78, 5) is 11.1. The van der Waals surface area contributed by atoms with Crippen LogP contribution in [-0.2, 0) is 20.9 Å². The van der Waals surface area contributed by atoms with Gasteiger partial charge >= 0.3 is 5.97 Å². The monoisotopic (exact) mass is 254 g/mol. The van der Waals surface area contributed by atoms with Gasteiger partial charge in [-0.1, -0.05) is 30.3 Å². The summed E-state index contributed by atoms with van der Waals surface area (Å²) in [6.45, 7) is 1.97. The molecule has 0 aromatic heterocycles. The Morgan fingerprint density at radius 1 is 1.28 bits per heavy atom. The van der Waals surface area contributed by atoms with Gasteiger partial charge in [0.2, 0.25) is 0 Å². The van der Waals surface area contributed by atoms with Gasteiger partial charge in [-0.25, -0.2) is 4.79 Å². The molecule has 0 spiro atoms. The van der Waals surface area contributed by atoms with Crippen molar-refractivity contribution in [3.05, 3.63) is 35.9 Å². The van der Waals surface area contributed by atoms with E-state index in [-0.39, 0.29) is 13.2 Å². The van der Waals surface area contributed by atoms with Gasteiger partial charge in [-0.3, -0.25) is 0 Å². The van der Waals surface area contributed by atoms with E-state index in [0.29, 0.717) is 6.61 Å². The Balaban J connectivity index is 2.28.